The number of nitrogens with one attached hydrogen (secondary N) is 1. The van der Waals surface area contributed by atoms with E-state index >= 15 is 0 Å². The molecule has 2 N–H and O–H groups in total. The highest BCUT2D eigenvalue weighted by Crippen LogP contribution is 2.35. The number of benzene rings is 1. The van der Waals surface area contributed by atoms with Gasteiger partial charge < -0.3 is 10.4 Å². The smallest absolute Gasteiger partial charge is 0.309 e. The Morgan fingerprint density at radius 2 is 2.04 bits per heavy atom. The van der Waals surface area contributed by atoms with Crippen LogP contribution >= 0.6 is 23.1 Å². The van der Waals surface area contributed by atoms with Gasteiger partial charge in [0.2, 0.25) is 11.8 Å². The molecule has 2 aromatic rings. The number of thioether (sulfide) groups is 1. The first kappa shape index (κ1) is 20.0. The molecule has 1 aliphatic rings. The lowest BCUT2D eigenvalue weighted by Crippen LogP contribution is -2.33. The van der Waals surface area contributed by atoms with Gasteiger partial charge >= 0.3 is 5.97 Å². The normalized spacial score (nSPS) is 16.5. The number of carbonyl (C=O) groups excluding carboxylic acids is 3. The van der Waals surface area contributed by atoms with Crippen molar-refractivity contribution in [1.29, 1.82) is 0 Å². The molecule has 1 atom stereocenters. The molecule has 3 rings (SSSR count). The summed E-state index contributed by atoms with van der Waals surface area (Å²) in [5.74, 6) is -1.89. The number of nitrogens with zero attached hydrogens (tertiary/aromatic N) is 2. The zero-order valence-electron chi connectivity index (χ0n) is 14.9. The minimum atomic E-state index is -1.01. The van der Waals surface area contributed by atoms with Gasteiger partial charge in [0.05, 0.1) is 17.8 Å². The molecule has 1 saturated heterocycles. The zero-order valence-corrected chi connectivity index (χ0v) is 16.5. The topological polar surface area (TPSA) is 117 Å². The van der Waals surface area contributed by atoms with E-state index in [1.807, 2.05) is 19.1 Å². The molecule has 0 bridgehead atoms. The number of para-hydroxylation sites is 1. The lowest BCUT2D eigenvalue weighted by atomic mass is 10.1. The van der Waals surface area contributed by atoms with Crippen LogP contribution in [0.25, 0.3) is 0 Å². The van der Waals surface area contributed by atoms with Crippen LogP contribution < -0.4 is 10.2 Å². The summed E-state index contributed by atoms with van der Waals surface area (Å²) < 4.78 is 0. The molecular weight excluding hydrogens is 402 g/mol. The Hall–Kier alpha value is -2.72. The van der Waals surface area contributed by atoms with E-state index in [0.29, 0.717) is 17.8 Å². The first-order valence-corrected chi connectivity index (χ1v) is 10.2. The fraction of sp³-hybridized carbons (Fsp3) is 0.278. The molecule has 10 heteroatoms. The zero-order chi connectivity index (χ0) is 20.3. The molecule has 0 aliphatic carbocycles. The van der Waals surface area contributed by atoms with Crippen molar-refractivity contribution < 1.29 is 24.3 Å². The number of imide groups is 1. The fourth-order valence-corrected chi connectivity index (χ4v) is 4.48. The van der Waals surface area contributed by atoms with Crippen molar-refractivity contribution in [1.82, 2.24) is 4.98 Å². The Bertz CT molecular complexity index is 943. The second-order valence-electron chi connectivity index (χ2n) is 6.00. The number of aryl methyl sites for hydroxylation is 1. The third kappa shape index (κ3) is 4.39. The minimum Gasteiger partial charge on any atom is -0.481 e. The summed E-state index contributed by atoms with van der Waals surface area (Å²) >= 11 is 1.94. The quantitative estimate of drug-likeness (QED) is 0.709. The molecule has 3 amide bonds. The Kier molecular flexibility index (Phi) is 6.10. The van der Waals surface area contributed by atoms with Gasteiger partial charge in [0.1, 0.15) is 5.25 Å². The van der Waals surface area contributed by atoms with Gasteiger partial charge in [-0.25, -0.2) is 9.88 Å². The third-order valence-corrected chi connectivity index (χ3v) is 5.88. The molecular formula is C18H17N3O5S2. The van der Waals surface area contributed by atoms with E-state index in [9.17, 15) is 19.2 Å². The predicted molar refractivity (Wildman–Crippen MR) is 107 cm³/mol. The number of carbonyl (C=O) groups is 4. The van der Waals surface area contributed by atoms with Crippen LogP contribution in [0.15, 0.2) is 29.6 Å². The van der Waals surface area contributed by atoms with Gasteiger partial charge in [-0.2, -0.15) is 0 Å². The third-order valence-electron chi connectivity index (χ3n) is 4.04. The van der Waals surface area contributed by atoms with Gasteiger partial charge in [0, 0.05) is 11.8 Å². The second-order valence-corrected chi connectivity index (χ2v) is 8.01. The van der Waals surface area contributed by atoms with Gasteiger partial charge in [0.15, 0.2) is 5.13 Å². The van der Waals surface area contributed by atoms with E-state index in [1.165, 1.54) is 0 Å². The first-order valence-electron chi connectivity index (χ1n) is 8.47. The Morgan fingerprint density at radius 3 is 2.75 bits per heavy atom. The standard InChI is InChI=1S/C18H17N3O5S2/c1-2-10-5-3-4-6-12(10)21-16(25)13(28-18(21)26)8-14(22)20-17-19-11(9-27-17)7-15(23)24/h3-6,9,13H,2,7-8H2,1H3,(H,23,24)(H,19,20,22). The molecule has 1 fully saturated rings. The molecule has 1 aromatic carbocycles. The maximum Gasteiger partial charge on any atom is 0.309 e. The summed E-state index contributed by atoms with van der Waals surface area (Å²) in [5, 5.41) is 11.9. The molecule has 2 heterocycles. The van der Waals surface area contributed by atoms with Gasteiger partial charge in [-0.3, -0.25) is 19.2 Å². The molecule has 28 heavy (non-hydrogen) atoms. The maximum atomic E-state index is 12.7. The van der Waals surface area contributed by atoms with Crippen molar-refractivity contribution in [2.24, 2.45) is 0 Å². The van der Waals surface area contributed by atoms with Crippen LogP contribution in [0.3, 0.4) is 0 Å². The van der Waals surface area contributed by atoms with Crippen LogP contribution in [0.2, 0.25) is 0 Å². The van der Waals surface area contributed by atoms with Crippen molar-refractivity contribution in [3.8, 4) is 0 Å². The summed E-state index contributed by atoms with van der Waals surface area (Å²) in [6.45, 7) is 1.94. The number of hydrogen-bond donors (Lipinski definition) is 2. The number of hydrogen-bond acceptors (Lipinski definition) is 7. The lowest BCUT2D eigenvalue weighted by molar-refractivity contribution is -0.136. The molecule has 1 aromatic heterocycles. The number of anilines is 2. The van der Waals surface area contributed by atoms with E-state index in [2.05, 4.69) is 10.3 Å². The number of aliphatic carboxylic acids is 1. The Morgan fingerprint density at radius 1 is 1.29 bits per heavy atom. The predicted octanol–water partition coefficient (Wildman–Crippen LogP) is 2.93. The van der Waals surface area contributed by atoms with Gasteiger partial charge in [0.25, 0.3) is 5.24 Å². The minimum absolute atomic E-state index is 0.173. The number of rotatable bonds is 7. The molecule has 1 unspecified atom stereocenters. The lowest BCUT2D eigenvalue weighted by Gasteiger charge is -2.17. The van der Waals surface area contributed by atoms with Gasteiger partial charge in [-0.05, 0) is 29.8 Å². The molecule has 0 radical (unpaired) electrons. The van der Waals surface area contributed by atoms with Crippen molar-refractivity contribution >= 4 is 56.9 Å². The highest BCUT2D eigenvalue weighted by Gasteiger charge is 2.42. The molecule has 8 nitrogen and oxygen atoms in total. The number of amides is 3. The van der Waals surface area contributed by atoms with Crippen LogP contribution in [0.4, 0.5) is 15.6 Å². The molecule has 0 spiro atoms. The average molecular weight is 419 g/mol. The summed E-state index contributed by atoms with van der Waals surface area (Å²) in [5.41, 5.74) is 1.77. The van der Waals surface area contributed by atoms with Gasteiger partial charge in [-0.15, -0.1) is 11.3 Å². The number of aromatic nitrogens is 1. The van der Waals surface area contributed by atoms with E-state index in [1.54, 1.807) is 17.5 Å². The first-order chi connectivity index (χ1) is 13.4. The highest BCUT2D eigenvalue weighted by atomic mass is 32.2. The van der Waals surface area contributed by atoms with E-state index in [4.69, 9.17) is 5.11 Å². The van der Waals surface area contributed by atoms with E-state index in [0.717, 1.165) is 33.6 Å². The number of carboxylic acid groups (broad SMARTS) is 1. The fourth-order valence-electron chi connectivity index (χ4n) is 2.77. The average Bonchev–Trinajstić information content (AvgIpc) is 3.18. The van der Waals surface area contributed by atoms with Gasteiger partial charge in [-0.1, -0.05) is 25.1 Å². The van der Waals surface area contributed by atoms with E-state index < -0.39 is 28.3 Å². The van der Waals surface area contributed by atoms with Crippen LogP contribution in [0.5, 0.6) is 0 Å². The molecule has 1 aliphatic heterocycles. The highest BCUT2D eigenvalue weighted by molar-refractivity contribution is 8.15. The van der Waals surface area contributed by atoms with Crippen molar-refractivity contribution in [2.75, 3.05) is 10.2 Å². The monoisotopic (exact) mass is 419 g/mol. The van der Waals surface area contributed by atoms with E-state index in [-0.39, 0.29) is 18.0 Å². The van der Waals surface area contributed by atoms with Crippen molar-refractivity contribution in [3.05, 3.63) is 40.9 Å². The SMILES string of the molecule is CCc1ccccc1N1C(=O)SC(CC(=O)Nc2nc(CC(=O)O)cs2)C1=O. The summed E-state index contributed by atoms with van der Waals surface area (Å²) in [7, 11) is 0. The second kappa shape index (κ2) is 8.53. The van der Waals surface area contributed by atoms with Crippen LogP contribution in [-0.2, 0) is 27.2 Å². The Labute approximate surface area is 169 Å². The largest absolute Gasteiger partial charge is 0.481 e. The van der Waals surface area contributed by atoms with Crippen LogP contribution in [0.1, 0.15) is 24.6 Å². The van der Waals surface area contributed by atoms with Crippen molar-refractivity contribution in [3.63, 3.8) is 0 Å². The number of thiazole rings is 1. The maximum absolute atomic E-state index is 12.7. The molecule has 0 saturated carbocycles. The summed E-state index contributed by atoms with van der Waals surface area (Å²) in [6.07, 6.45) is 0.267. The number of carboxylic acids is 1. The summed E-state index contributed by atoms with van der Waals surface area (Å²) in [4.78, 5) is 53.2. The van der Waals surface area contributed by atoms with Crippen molar-refractivity contribution in [2.45, 2.75) is 31.4 Å². The van der Waals surface area contributed by atoms with Crippen LogP contribution in [0, 0.1) is 0 Å². The Balaban J connectivity index is 1.66. The summed E-state index contributed by atoms with van der Waals surface area (Å²) in [6, 6.07) is 7.18. The van der Waals surface area contributed by atoms with Crippen LogP contribution in [-0.4, -0.2) is 38.4 Å². The molecule has 146 valence electrons.